The molecule has 1 heterocycles. The third-order valence-electron chi connectivity index (χ3n) is 6.93. The van der Waals surface area contributed by atoms with Crippen molar-refractivity contribution in [3.8, 4) is 5.75 Å². The van der Waals surface area contributed by atoms with Gasteiger partial charge >= 0.3 is 0 Å². The van der Waals surface area contributed by atoms with Crippen LogP contribution in [-0.2, 0) is 28.9 Å². The summed E-state index contributed by atoms with van der Waals surface area (Å²) in [6.45, 7) is 6.27. The Labute approximate surface area is 259 Å². The third-order valence-corrected chi connectivity index (χ3v) is 7.24. The van der Waals surface area contributed by atoms with Crippen molar-refractivity contribution in [3.05, 3.63) is 99.6 Å². The first-order chi connectivity index (χ1) is 20.4. The highest BCUT2D eigenvalue weighted by Crippen LogP contribution is 2.25. The molecule has 43 heavy (non-hydrogen) atoms. The van der Waals surface area contributed by atoms with Crippen LogP contribution in [0.1, 0.15) is 38.6 Å². The van der Waals surface area contributed by atoms with Gasteiger partial charge in [-0.3, -0.25) is 14.4 Å². The fourth-order valence-electron chi connectivity index (χ4n) is 4.47. The minimum atomic E-state index is -0.604. The Hall–Kier alpha value is -3.92. The summed E-state index contributed by atoms with van der Waals surface area (Å²) in [7, 11) is 10.7. The minimum absolute atomic E-state index is 0.0150. The highest BCUT2D eigenvalue weighted by molar-refractivity contribution is 6.43. The monoisotopic (exact) mass is 605 g/mol. The maximum Gasteiger partial charge on any atom is 0.294 e. The van der Waals surface area contributed by atoms with Crippen molar-refractivity contribution < 1.29 is 19.1 Å². The second-order valence-corrected chi connectivity index (χ2v) is 11.4. The van der Waals surface area contributed by atoms with E-state index in [0.717, 1.165) is 24.2 Å². The van der Waals surface area contributed by atoms with E-state index >= 15 is 0 Å². The number of nitrogens with zero attached hydrogens (tertiary/aromatic N) is 5. The van der Waals surface area contributed by atoms with Crippen LogP contribution in [0.15, 0.2) is 60.8 Å². The molecule has 0 aliphatic carbocycles. The first-order valence-electron chi connectivity index (χ1n) is 13.9. The highest BCUT2D eigenvalue weighted by Gasteiger charge is 2.22. The molecule has 0 saturated heterocycles. The quantitative estimate of drug-likeness (QED) is 0.147. The molecule has 0 aliphatic rings. The second kappa shape index (κ2) is 15.5. The Balaban J connectivity index is 1.79. The summed E-state index contributed by atoms with van der Waals surface area (Å²) in [6.07, 6.45) is 2.34. The standard InChI is InChI=1S/C33H40ClN5O4/c1-22(21-39(6)15-14-37(2)3)29(40)17-23-12-13-30(43-7)25(16-23)19-31-35-20-27(34)28(36-31)18-24-10-8-9-11-26(24)32(41)33(42)38(4)5/h8-13,16,20H,1,14-15,17-19,21H2,2-7H3. The van der Waals surface area contributed by atoms with Crippen molar-refractivity contribution in [3.63, 3.8) is 0 Å². The lowest BCUT2D eigenvalue weighted by atomic mass is 9.98. The van der Waals surface area contributed by atoms with Crippen molar-refractivity contribution >= 4 is 29.1 Å². The third kappa shape index (κ3) is 9.54. The molecule has 2 aromatic carbocycles. The van der Waals surface area contributed by atoms with Crippen LogP contribution in [0.25, 0.3) is 0 Å². The number of carbonyl (C=O) groups excluding carboxylic acids is 3. The van der Waals surface area contributed by atoms with Gasteiger partial charge in [0.15, 0.2) is 5.78 Å². The van der Waals surface area contributed by atoms with Crippen LogP contribution in [0, 0.1) is 0 Å². The van der Waals surface area contributed by atoms with Gasteiger partial charge in [-0.2, -0.15) is 0 Å². The number of ketones is 2. The average Bonchev–Trinajstić information content (AvgIpc) is 2.97. The number of amides is 1. The molecule has 0 aliphatic heterocycles. The van der Waals surface area contributed by atoms with Gasteiger partial charge < -0.3 is 19.4 Å². The van der Waals surface area contributed by atoms with E-state index in [2.05, 4.69) is 21.4 Å². The summed E-state index contributed by atoms with van der Waals surface area (Å²) in [5.41, 5.74) is 3.70. The van der Waals surface area contributed by atoms with E-state index in [-0.39, 0.29) is 18.6 Å². The zero-order chi connectivity index (χ0) is 31.7. The number of likely N-dealkylation sites (N-methyl/N-ethyl adjacent to an activating group) is 3. The number of Topliss-reactive ketones (excluding diaryl/α,β-unsaturated/α-hetero) is 2. The molecule has 10 heteroatoms. The fourth-order valence-corrected chi connectivity index (χ4v) is 4.63. The maximum atomic E-state index is 13.0. The summed E-state index contributed by atoms with van der Waals surface area (Å²) in [5, 5.41) is 0.352. The second-order valence-electron chi connectivity index (χ2n) is 11.0. The van der Waals surface area contributed by atoms with Crippen LogP contribution in [0.3, 0.4) is 0 Å². The minimum Gasteiger partial charge on any atom is -0.496 e. The maximum absolute atomic E-state index is 13.0. The van der Waals surface area contributed by atoms with Gasteiger partial charge in [-0.05, 0) is 38.3 Å². The first kappa shape index (κ1) is 33.6. The number of ether oxygens (including phenoxy) is 1. The van der Waals surface area contributed by atoms with Crippen molar-refractivity contribution in [2.75, 3.05) is 62.0 Å². The fraction of sp³-hybridized carbons (Fsp3) is 0.364. The van der Waals surface area contributed by atoms with Crippen LogP contribution in [0.5, 0.6) is 5.75 Å². The Morgan fingerprint density at radius 2 is 1.67 bits per heavy atom. The van der Waals surface area contributed by atoms with Crippen molar-refractivity contribution in [1.29, 1.82) is 0 Å². The van der Waals surface area contributed by atoms with Crippen LogP contribution in [0.2, 0.25) is 5.02 Å². The van der Waals surface area contributed by atoms with E-state index in [1.165, 1.54) is 25.2 Å². The van der Waals surface area contributed by atoms with Gasteiger partial charge in [0.2, 0.25) is 0 Å². The molecule has 3 rings (SSSR count). The predicted octanol–water partition coefficient (Wildman–Crippen LogP) is 3.75. The number of hydrogen-bond acceptors (Lipinski definition) is 8. The highest BCUT2D eigenvalue weighted by atomic mass is 35.5. The van der Waals surface area contributed by atoms with Crippen LogP contribution in [-0.4, -0.2) is 104 Å². The van der Waals surface area contributed by atoms with E-state index in [4.69, 9.17) is 21.3 Å². The zero-order valence-electron chi connectivity index (χ0n) is 25.8. The molecule has 0 atom stereocenters. The molecule has 0 bridgehead atoms. The molecule has 3 aromatic rings. The molecule has 0 fully saturated rings. The molecule has 0 unspecified atom stereocenters. The van der Waals surface area contributed by atoms with Gasteiger partial charge in [0.05, 0.1) is 17.8 Å². The summed E-state index contributed by atoms with van der Waals surface area (Å²) in [6, 6.07) is 12.6. The Bertz CT molecular complexity index is 1490. The van der Waals surface area contributed by atoms with Crippen molar-refractivity contribution in [1.82, 2.24) is 24.7 Å². The van der Waals surface area contributed by atoms with Crippen LogP contribution >= 0.6 is 11.6 Å². The van der Waals surface area contributed by atoms with Gasteiger partial charge in [0, 0.05) is 75.9 Å². The number of benzene rings is 2. The molecule has 0 spiro atoms. The van der Waals surface area contributed by atoms with Crippen LogP contribution < -0.4 is 4.74 Å². The van der Waals surface area contributed by atoms with E-state index < -0.39 is 11.7 Å². The molecule has 1 aromatic heterocycles. The molecule has 0 saturated carbocycles. The zero-order valence-corrected chi connectivity index (χ0v) is 26.6. The molecular formula is C33H40ClN5O4. The number of rotatable bonds is 15. The smallest absolute Gasteiger partial charge is 0.294 e. The summed E-state index contributed by atoms with van der Waals surface area (Å²) in [4.78, 5) is 52.7. The summed E-state index contributed by atoms with van der Waals surface area (Å²) in [5.74, 6) is -0.0610. The number of carbonyl (C=O) groups is 3. The van der Waals surface area contributed by atoms with Crippen molar-refractivity contribution in [2.24, 2.45) is 0 Å². The Morgan fingerprint density at radius 3 is 2.35 bits per heavy atom. The molecule has 0 N–H and O–H groups in total. The molecule has 1 amide bonds. The normalized spacial score (nSPS) is 11.1. The number of methoxy groups -OCH3 is 1. The topological polar surface area (TPSA) is 95.9 Å². The van der Waals surface area contributed by atoms with E-state index in [9.17, 15) is 14.4 Å². The Kier molecular flexibility index (Phi) is 12.1. The SMILES string of the molecule is C=C(CN(C)CCN(C)C)C(=O)Cc1ccc(OC)c(Cc2ncc(Cl)c(Cc3ccccc3C(=O)C(=O)N(C)C)n2)c1. The lowest BCUT2D eigenvalue weighted by Crippen LogP contribution is -2.31. The number of halogens is 1. The lowest BCUT2D eigenvalue weighted by Gasteiger charge is -2.20. The molecule has 228 valence electrons. The Morgan fingerprint density at radius 1 is 0.953 bits per heavy atom. The average molecular weight is 606 g/mol. The molecule has 9 nitrogen and oxygen atoms in total. The van der Waals surface area contributed by atoms with E-state index in [1.807, 2.05) is 39.3 Å². The number of hydrogen-bond donors (Lipinski definition) is 0. The van der Waals surface area contributed by atoms with Gasteiger partial charge in [-0.1, -0.05) is 54.6 Å². The largest absolute Gasteiger partial charge is 0.496 e. The van der Waals surface area contributed by atoms with Crippen LogP contribution in [0.4, 0.5) is 0 Å². The number of aromatic nitrogens is 2. The van der Waals surface area contributed by atoms with Gasteiger partial charge in [0.25, 0.3) is 11.7 Å². The lowest BCUT2D eigenvalue weighted by molar-refractivity contribution is -0.124. The predicted molar refractivity (Wildman–Crippen MR) is 169 cm³/mol. The summed E-state index contributed by atoms with van der Waals surface area (Å²) >= 11 is 6.47. The van der Waals surface area contributed by atoms with Gasteiger partial charge in [-0.25, -0.2) is 9.97 Å². The molecule has 0 radical (unpaired) electrons. The first-order valence-corrected chi connectivity index (χ1v) is 14.3. The van der Waals surface area contributed by atoms with Crippen molar-refractivity contribution in [2.45, 2.75) is 19.3 Å². The van der Waals surface area contributed by atoms with Gasteiger partial charge in [0.1, 0.15) is 11.6 Å². The molecular weight excluding hydrogens is 566 g/mol. The van der Waals surface area contributed by atoms with E-state index in [0.29, 0.717) is 52.0 Å². The summed E-state index contributed by atoms with van der Waals surface area (Å²) < 4.78 is 5.59. The van der Waals surface area contributed by atoms with Gasteiger partial charge in [-0.15, -0.1) is 0 Å². The van der Waals surface area contributed by atoms with E-state index in [1.54, 1.807) is 31.4 Å².